The highest BCUT2D eigenvalue weighted by molar-refractivity contribution is 5.95. The van der Waals surface area contributed by atoms with Crippen LogP contribution in [0.5, 0.6) is 0 Å². The quantitative estimate of drug-likeness (QED) is 0.703. The van der Waals surface area contributed by atoms with Gasteiger partial charge in [-0.2, -0.15) is 5.10 Å². The Morgan fingerprint density at radius 1 is 1.36 bits per heavy atom. The molecular formula is C20H33N3O2. The second-order valence-corrected chi connectivity index (χ2v) is 7.93. The molecule has 0 radical (unpaired) electrons. The maximum Gasteiger partial charge on any atom is 0.254 e. The fraction of sp³-hybridized carbons (Fsp3) is 0.800. The van der Waals surface area contributed by atoms with Gasteiger partial charge in [0.2, 0.25) is 0 Å². The summed E-state index contributed by atoms with van der Waals surface area (Å²) in [5, 5.41) is 17.6. The van der Waals surface area contributed by atoms with E-state index >= 15 is 0 Å². The number of aliphatic hydroxyl groups is 1. The average Bonchev–Trinajstić information content (AvgIpc) is 3.37. The lowest BCUT2D eigenvalue weighted by Crippen LogP contribution is -2.28. The van der Waals surface area contributed by atoms with Crippen molar-refractivity contribution in [1.82, 2.24) is 15.1 Å². The number of hydrogen-bond acceptors (Lipinski definition) is 3. The Morgan fingerprint density at radius 2 is 2.12 bits per heavy atom. The van der Waals surface area contributed by atoms with E-state index in [0.29, 0.717) is 24.4 Å². The molecule has 2 saturated carbocycles. The lowest BCUT2D eigenvalue weighted by molar-refractivity contribution is 0.0641. The molecule has 140 valence electrons. The molecule has 2 aliphatic rings. The second kappa shape index (κ2) is 8.35. The zero-order valence-electron chi connectivity index (χ0n) is 15.7. The van der Waals surface area contributed by atoms with Crippen LogP contribution in [0.25, 0.3) is 0 Å². The van der Waals surface area contributed by atoms with Gasteiger partial charge in [0.15, 0.2) is 0 Å². The summed E-state index contributed by atoms with van der Waals surface area (Å²) in [6.45, 7) is 5.00. The molecule has 25 heavy (non-hydrogen) atoms. The minimum Gasteiger partial charge on any atom is -0.393 e. The summed E-state index contributed by atoms with van der Waals surface area (Å²) < 4.78 is 2.06. The van der Waals surface area contributed by atoms with Crippen molar-refractivity contribution >= 4 is 5.91 Å². The molecule has 0 bridgehead atoms. The molecule has 0 saturated heterocycles. The fourth-order valence-corrected chi connectivity index (χ4v) is 4.02. The van der Waals surface area contributed by atoms with E-state index in [-0.39, 0.29) is 12.0 Å². The molecule has 1 amide bonds. The molecule has 3 atom stereocenters. The first-order chi connectivity index (χ1) is 12.1. The van der Waals surface area contributed by atoms with Crippen LogP contribution in [0, 0.1) is 5.92 Å². The van der Waals surface area contributed by atoms with Gasteiger partial charge in [-0.15, -0.1) is 0 Å². The molecule has 3 unspecified atom stereocenters. The van der Waals surface area contributed by atoms with Gasteiger partial charge in [-0.1, -0.05) is 19.8 Å². The van der Waals surface area contributed by atoms with E-state index in [1.807, 2.05) is 0 Å². The van der Waals surface area contributed by atoms with E-state index in [1.54, 1.807) is 6.20 Å². The molecule has 0 aliphatic heterocycles. The molecule has 3 rings (SSSR count). The summed E-state index contributed by atoms with van der Waals surface area (Å²) >= 11 is 0. The van der Waals surface area contributed by atoms with Crippen LogP contribution in [-0.4, -0.2) is 33.4 Å². The van der Waals surface area contributed by atoms with Crippen molar-refractivity contribution < 1.29 is 9.90 Å². The normalized spacial score (nSPS) is 24.9. The number of aliphatic hydroxyl groups excluding tert-OH is 1. The van der Waals surface area contributed by atoms with Crippen LogP contribution in [0.1, 0.15) is 99.6 Å². The third-order valence-corrected chi connectivity index (χ3v) is 5.96. The Morgan fingerprint density at radius 3 is 2.80 bits per heavy atom. The van der Waals surface area contributed by atoms with Gasteiger partial charge in [0.05, 0.1) is 23.6 Å². The topological polar surface area (TPSA) is 67.2 Å². The highest BCUT2D eigenvalue weighted by Crippen LogP contribution is 2.42. The maximum absolute atomic E-state index is 12.6. The van der Waals surface area contributed by atoms with E-state index in [0.717, 1.165) is 49.8 Å². The summed E-state index contributed by atoms with van der Waals surface area (Å²) in [5.74, 6) is 0.941. The van der Waals surface area contributed by atoms with Crippen LogP contribution in [-0.2, 0) is 0 Å². The smallest absolute Gasteiger partial charge is 0.254 e. The van der Waals surface area contributed by atoms with Gasteiger partial charge in [-0.3, -0.25) is 9.48 Å². The average molecular weight is 348 g/mol. The minimum absolute atomic E-state index is 0.0145. The minimum atomic E-state index is -0.139. The van der Waals surface area contributed by atoms with Gasteiger partial charge in [0, 0.05) is 18.5 Å². The first-order valence-corrected chi connectivity index (χ1v) is 10.2. The van der Waals surface area contributed by atoms with Crippen molar-refractivity contribution in [3.05, 3.63) is 17.5 Å². The van der Waals surface area contributed by atoms with Crippen LogP contribution in [0.15, 0.2) is 6.20 Å². The van der Waals surface area contributed by atoms with Gasteiger partial charge in [0.1, 0.15) is 0 Å². The Kier molecular flexibility index (Phi) is 6.15. The highest BCUT2D eigenvalue weighted by Gasteiger charge is 2.33. The lowest BCUT2D eigenvalue weighted by Gasteiger charge is -2.27. The Balaban J connectivity index is 1.52. The zero-order valence-corrected chi connectivity index (χ0v) is 15.7. The number of carbonyl (C=O) groups is 1. The van der Waals surface area contributed by atoms with E-state index in [9.17, 15) is 9.90 Å². The first-order valence-electron chi connectivity index (χ1n) is 10.2. The highest BCUT2D eigenvalue weighted by atomic mass is 16.3. The predicted molar refractivity (Wildman–Crippen MR) is 98.7 cm³/mol. The lowest BCUT2D eigenvalue weighted by atomic mass is 9.83. The van der Waals surface area contributed by atoms with Crippen molar-refractivity contribution in [2.45, 2.75) is 89.7 Å². The molecule has 1 heterocycles. The molecule has 5 heteroatoms. The molecule has 0 spiro atoms. The standard InChI is InChI=1S/C20H33N3O2/c1-3-14(2)23-19(16-10-11-16)17(13-22-23)20(25)21-12-6-8-15-7-4-5-9-18(15)24/h13-16,18,24H,3-12H2,1-2H3,(H,21,25). The number of rotatable bonds is 8. The van der Waals surface area contributed by atoms with Crippen LogP contribution < -0.4 is 5.32 Å². The van der Waals surface area contributed by atoms with E-state index in [1.165, 1.54) is 19.3 Å². The first kappa shape index (κ1) is 18.4. The summed E-state index contributed by atoms with van der Waals surface area (Å²) in [6, 6.07) is 0.338. The molecule has 5 nitrogen and oxygen atoms in total. The molecule has 2 aliphatic carbocycles. The van der Waals surface area contributed by atoms with Gasteiger partial charge in [-0.25, -0.2) is 0 Å². The largest absolute Gasteiger partial charge is 0.393 e. The number of amides is 1. The summed E-state index contributed by atoms with van der Waals surface area (Å²) in [7, 11) is 0. The molecule has 2 fully saturated rings. The molecule has 2 N–H and O–H groups in total. The Labute approximate surface area is 151 Å². The van der Waals surface area contributed by atoms with Crippen molar-refractivity contribution in [1.29, 1.82) is 0 Å². The molecular weight excluding hydrogens is 314 g/mol. The van der Waals surface area contributed by atoms with Gasteiger partial charge in [-0.05, 0) is 57.8 Å². The van der Waals surface area contributed by atoms with Crippen molar-refractivity contribution in [3.63, 3.8) is 0 Å². The predicted octanol–water partition coefficient (Wildman–Crippen LogP) is 3.79. The second-order valence-electron chi connectivity index (χ2n) is 7.93. The van der Waals surface area contributed by atoms with Crippen LogP contribution in [0.3, 0.4) is 0 Å². The molecule has 1 aromatic heterocycles. The van der Waals surface area contributed by atoms with Crippen LogP contribution >= 0.6 is 0 Å². The van der Waals surface area contributed by atoms with Crippen molar-refractivity contribution in [2.24, 2.45) is 5.92 Å². The SMILES string of the molecule is CCC(C)n1ncc(C(=O)NCCCC2CCCCC2O)c1C1CC1. The Bertz CT molecular complexity index is 579. The van der Waals surface area contributed by atoms with E-state index in [4.69, 9.17) is 0 Å². The summed E-state index contributed by atoms with van der Waals surface area (Å²) in [6.07, 6.45) is 11.4. The van der Waals surface area contributed by atoms with Crippen LogP contribution in [0.2, 0.25) is 0 Å². The van der Waals surface area contributed by atoms with Crippen molar-refractivity contribution in [3.8, 4) is 0 Å². The van der Waals surface area contributed by atoms with E-state index in [2.05, 4.69) is 28.9 Å². The number of aromatic nitrogens is 2. The third kappa shape index (κ3) is 4.43. The number of hydrogen-bond donors (Lipinski definition) is 2. The fourth-order valence-electron chi connectivity index (χ4n) is 4.02. The number of nitrogens with one attached hydrogen (secondary N) is 1. The summed E-state index contributed by atoms with van der Waals surface area (Å²) in [5.41, 5.74) is 1.90. The van der Waals surface area contributed by atoms with Crippen LogP contribution in [0.4, 0.5) is 0 Å². The number of carbonyl (C=O) groups excluding carboxylic acids is 1. The zero-order chi connectivity index (χ0) is 17.8. The van der Waals surface area contributed by atoms with Crippen molar-refractivity contribution in [2.75, 3.05) is 6.54 Å². The number of nitrogens with zero attached hydrogens (tertiary/aromatic N) is 2. The third-order valence-electron chi connectivity index (χ3n) is 5.96. The van der Waals surface area contributed by atoms with Gasteiger partial charge < -0.3 is 10.4 Å². The maximum atomic E-state index is 12.6. The monoisotopic (exact) mass is 347 g/mol. The van der Waals surface area contributed by atoms with Gasteiger partial charge in [0.25, 0.3) is 5.91 Å². The summed E-state index contributed by atoms with van der Waals surface area (Å²) in [4.78, 5) is 12.6. The molecule has 0 aromatic carbocycles. The molecule has 1 aromatic rings. The Hall–Kier alpha value is -1.36. The van der Waals surface area contributed by atoms with E-state index < -0.39 is 0 Å². The van der Waals surface area contributed by atoms with Gasteiger partial charge >= 0.3 is 0 Å².